The second-order valence-corrected chi connectivity index (χ2v) is 4.09. The molecule has 0 bridgehead atoms. The van der Waals surface area contributed by atoms with Crippen molar-refractivity contribution in [3.05, 3.63) is 29.8 Å². The summed E-state index contributed by atoms with van der Waals surface area (Å²) >= 11 is 0. The van der Waals surface area contributed by atoms with Crippen molar-refractivity contribution < 1.29 is 19.4 Å². The minimum atomic E-state index is -1.02. The fourth-order valence-corrected chi connectivity index (χ4v) is 1.61. The first-order valence-electron chi connectivity index (χ1n) is 6.32. The van der Waals surface area contributed by atoms with Crippen LogP contribution in [0.2, 0.25) is 0 Å². The predicted molar refractivity (Wildman–Crippen MR) is 71.4 cm³/mol. The molecule has 0 spiro atoms. The van der Waals surface area contributed by atoms with E-state index in [2.05, 4.69) is 0 Å². The zero-order chi connectivity index (χ0) is 14.3. The minimum Gasteiger partial charge on any atom is -0.494 e. The van der Waals surface area contributed by atoms with Crippen LogP contribution in [0, 0.1) is 0 Å². The minimum absolute atomic E-state index is 0.296. The average Bonchev–Trinajstić information content (AvgIpc) is 2.41. The van der Waals surface area contributed by atoms with Gasteiger partial charge in [-0.05, 0) is 31.5 Å². The van der Waals surface area contributed by atoms with Crippen LogP contribution in [0.15, 0.2) is 24.3 Å². The first-order chi connectivity index (χ1) is 9.08. The maximum Gasteiger partial charge on any atom is 0.323 e. The molecule has 0 aromatic heterocycles. The lowest BCUT2D eigenvalue weighted by atomic mass is 10.2. The molecule has 5 nitrogen and oxygen atoms in total. The molecule has 0 fully saturated rings. The summed E-state index contributed by atoms with van der Waals surface area (Å²) in [7, 11) is 0. The van der Waals surface area contributed by atoms with E-state index in [1.54, 1.807) is 31.2 Å². The fourth-order valence-electron chi connectivity index (χ4n) is 1.61. The number of rotatable bonds is 7. The Morgan fingerprint density at radius 3 is 2.63 bits per heavy atom. The van der Waals surface area contributed by atoms with Gasteiger partial charge in [-0.15, -0.1) is 0 Å². The van der Waals surface area contributed by atoms with Gasteiger partial charge in [-0.2, -0.15) is 0 Å². The van der Waals surface area contributed by atoms with Gasteiger partial charge in [0, 0.05) is 12.1 Å². The Hall–Kier alpha value is -2.04. The van der Waals surface area contributed by atoms with Gasteiger partial charge < -0.3 is 14.7 Å². The van der Waals surface area contributed by atoms with E-state index in [4.69, 9.17) is 9.84 Å². The van der Waals surface area contributed by atoms with Crippen LogP contribution in [0.1, 0.15) is 30.6 Å². The molecule has 19 heavy (non-hydrogen) atoms. The van der Waals surface area contributed by atoms with Crippen molar-refractivity contribution in [3.8, 4) is 5.75 Å². The number of nitrogens with zero attached hydrogens (tertiary/aromatic N) is 1. The summed E-state index contributed by atoms with van der Waals surface area (Å²) in [5.74, 6) is -0.695. The number of carbonyl (C=O) groups excluding carboxylic acids is 1. The molecule has 1 aromatic rings. The third kappa shape index (κ3) is 4.62. The Morgan fingerprint density at radius 2 is 2.05 bits per heavy atom. The van der Waals surface area contributed by atoms with Crippen molar-refractivity contribution >= 4 is 11.9 Å². The average molecular weight is 265 g/mol. The smallest absolute Gasteiger partial charge is 0.323 e. The summed E-state index contributed by atoms with van der Waals surface area (Å²) in [4.78, 5) is 24.1. The lowest BCUT2D eigenvalue weighted by molar-refractivity contribution is -0.137. The van der Waals surface area contributed by atoms with E-state index in [9.17, 15) is 9.59 Å². The Balaban J connectivity index is 2.82. The van der Waals surface area contributed by atoms with Gasteiger partial charge in [0.2, 0.25) is 0 Å². The largest absolute Gasteiger partial charge is 0.494 e. The molecule has 0 saturated heterocycles. The SMILES string of the molecule is CCCOc1cccc(C(=O)N(CC)CC(=O)O)c1. The van der Waals surface area contributed by atoms with Gasteiger partial charge in [0.15, 0.2) is 0 Å². The number of carbonyl (C=O) groups is 2. The summed E-state index contributed by atoms with van der Waals surface area (Å²) in [6.07, 6.45) is 0.887. The van der Waals surface area contributed by atoms with E-state index >= 15 is 0 Å². The Labute approximate surface area is 112 Å². The van der Waals surface area contributed by atoms with Crippen LogP contribution in [0.3, 0.4) is 0 Å². The Morgan fingerprint density at radius 1 is 1.32 bits per heavy atom. The number of hydrogen-bond acceptors (Lipinski definition) is 3. The highest BCUT2D eigenvalue weighted by Crippen LogP contribution is 2.15. The van der Waals surface area contributed by atoms with Crippen LogP contribution in [-0.4, -0.2) is 41.6 Å². The molecule has 0 heterocycles. The molecule has 1 rings (SSSR count). The second kappa shape index (κ2) is 7.41. The van der Waals surface area contributed by atoms with E-state index in [0.29, 0.717) is 24.5 Å². The molecule has 1 aromatic carbocycles. The molecule has 0 atom stereocenters. The fraction of sp³-hybridized carbons (Fsp3) is 0.429. The Kier molecular flexibility index (Phi) is 5.85. The summed E-state index contributed by atoms with van der Waals surface area (Å²) in [6, 6.07) is 6.81. The van der Waals surface area contributed by atoms with Gasteiger partial charge in [-0.25, -0.2) is 0 Å². The van der Waals surface area contributed by atoms with Crippen molar-refractivity contribution in [1.82, 2.24) is 4.90 Å². The van der Waals surface area contributed by atoms with E-state index in [0.717, 1.165) is 6.42 Å². The number of hydrogen-bond donors (Lipinski definition) is 1. The molecular formula is C14H19NO4. The zero-order valence-corrected chi connectivity index (χ0v) is 11.3. The monoisotopic (exact) mass is 265 g/mol. The third-order valence-corrected chi connectivity index (χ3v) is 2.55. The van der Waals surface area contributed by atoms with Gasteiger partial charge in [-0.3, -0.25) is 9.59 Å². The number of likely N-dealkylation sites (N-methyl/N-ethyl adjacent to an activating group) is 1. The van der Waals surface area contributed by atoms with E-state index in [1.165, 1.54) is 4.90 Å². The third-order valence-electron chi connectivity index (χ3n) is 2.55. The van der Waals surface area contributed by atoms with E-state index in [-0.39, 0.29) is 12.5 Å². The first-order valence-corrected chi connectivity index (χ1v) is 6.32. The van der Waals surface area contributed by atoms with E-state index in [1.807, 2.05) is 6.92 Å². The van der Waals surface area contributed by atoms with Crippen LogP contribution in [0.5, 0.6) is 5.75 Å². The number of aliphatic carboxylic acids is 1. The molecule has 5 heteroatoms. The van der Waals surface area contributed by atoms with Crippen molar-refractivity contribution in [2.45, 2.75) is 20.3 Å². The van der Waals surface area contributed by atoms with Crippen LogP contribution in [-0.2, 0) is 4.79 Å². The quantitative estimate of drug-likeness (QED) is 0.819. The number of ether oxygens (including phenoxy) is 1. The topological polar surface area (TPSA) is 66.8 Å². The van der Waals surface area contributed by atoms with Gasteiger partial charge >= 0.3 is 5.97 Å². The number of amides is 1. The number of benzene rings is 1. The summed E-state index contributed by atoms with van der Waals surface area (Å²) in [5.41, 5.74) is 0.441. The van der Waals surface area contributed by atoms with Crippen LogP contribution < -0.4 is 4.74 Å². The molecule has 104 valence electrons. The molecule has 0 radical (unpaired) electrons. The predicted octanol–water partition coefficient (Wildman–Crippen LogP) is 2.02. The summed E-state index contributed by atoms with van der Waals surface area (Å²) in [6.45, 7) is 4.39. The molecule has 1 amide bonds. The highest BCUT2D eigenvalue weighted by molar-refractivity contribution is 5.96. The molecule has 1 N–H and O–H groups in total. The normalized spacial score (nSPS) is 10.0. The van der Waals surface area contributed by atoms with Crippen molar-refractivity contribution in [2.24, 2.45) is 0 Å². The van der Waals surface area contributed by atoms with Crippen LogP contribution >= 0.6 is 0 Å². The van der Waals surface area contributed by atoms with Crippen LogP contribution in [0.4, 0.5) is 0 Å². The molecule has 0 aliphatic rings. The van der Waals surface area contributed by atoms with Gasteiger partial charge in [0.25, 0.3) is 5.91 Å². The zero-order valence-electron chi connectivity index (χ0n) is 11.3. The van der Waals surface area contributed by atoms with Gasteiger partial charge in [0.05, 0.1) is 6.61 Å². The summed E-state index contributed by atoms with van der Waals surface area (Å²) < 4.78 is 5.45. The number of carboxylic acid groups (broad SMARTS) is 1. The molecular weight excluding hydrogens is 246 g/mol. The second-order valence-electron chi connectivity index (χ2n) is 4.09. The van der Waals surface area contributed by atoms with Crippen molar-refractivity contribution in [3.63, 3.8) is 0 Å². The summed E-state index contributed by atoms with van der Waals surface area (Å²) in [5, 5.41) is 8.76. The van der Waals surface area contributed by atoms with Gasteiger partial charge in [0.1, 0.15) is 12.3 Å². The van der Waals surface area contributed by atoms with Gasteiger partial charge in [-0.1, -0.05) is 13.0 Å². The number of carboxylic acids is 1. The standard InChI is InChI=1S/C14H19NO4/c1-3-8-19-12-7-5-6-11(9-12)14(18)15(4-2)10-13(16)17/h5-7,9H,3-4,8,10H2,1-2H3,(H,16,17). The Bertz CT molecular complexity index is 445. The van der Waals surface area contributed by atoms with Crippen molar-refractivity contribution in [2.75, 3.05) is 19.7 Å². The molecule has 0 unspecified atom stereocenters. The highest BCUT2D eigenvalue weighted by Gasteiger charge is 2.17. The lowest BCUT2D eigenvalue weighted by Gasteiger charge is -2.18. The molecule has 0 aliphatic carbocycles. The molecule has 0 aliphatic heterocycles. The van der Waals surface area contributed by atoms with Crippen LogP contribution in [0.25, 0.3) is 0 Å². The lowest BCUT2D eigenvalue weighted by Crippen LogP contribution is -2.35. The van der Waals surface area contributed by atoms with E-state index < -0.39 is 5.97 Å². The van der Waals surface area contributed by atoms with Crippen molar-refractivity contribution in [1.29, 1.82) is 0 Å². The maximum atomic E-state index is 12.1. The molecule has 0 saturated carbocycles. The maximum absolute atomic E-state index is 12.1. The highest BCUT2D eigenvalue weighted by atomic mass is 16.5. The first kappa shape index (κ1) is 15.0.